The molecule has 2 aromatic carbocycles. The van der Waals surface area contributed by atoms with Crippen LogP contribution in [-0.4, -0.2) is 62.1 Å². The Kier molecular flexibility index (Phi) is 6.43. The minimum Gasteiger partial charge on any atom is -0.491 e. The van der Waals surface area contributed by atoms with Crippen molar-refractivity contribution in [2.75, 3.05) is 41.0 Å². The molecular formula is C21H23N3O6. The van der Waals surface area contributed by atoms with Crippen LogP contribution in [0.25, 0.3) is 16.9 Å². The van der Waals surface area contributed by atoms with Crippen molar-refractivity contribution < 1.29 is 28.4 Å². The van der Waals surface area contributed by atoms with Gasteiger partial charge in [0.15, 0.2) is 25.1 Å². The van der Waals surface area contributed by atoms with Crippen LogP contribution in [0.1, 0.15) is 0 Å². The molecule has 158 valence electrons. The van der Waals surface area contributed by atoms with Gasteiger partial charge in [0, 0.05) is 19.8 Å². The average Bonchev–Trinajstić information content (AvgIpc) is 3.49. The van der Waals surface area contributed by atoms with E-state index in [0.717, 1.165) is 23.6 Å². The van der Waals surface area contributed by atoms with Crippen LogP contribution in [0.15, 0.2) is 48.7 Å². The first-order valence-corrected chi connectivity index (χ1v) is 9.42. The van der Waals surface area contributed by atoms with Gasteiger partial charge in [-0.3, -0.25) is 0 Å². The highest BCUT2D eigenvalue weighted by Crippen LogP contribution is 2.32. The van der Waals surface area contributed by atoms with E-state index in [9.17, 15) is 0 Å². The van der Waals surface area contributed by atoms with E-state index in [4.69, 9.17) is 28.4 Å². The maximum Gasteiger partial charge on any atom is 0.188 e. The predicted molar refractivity (Wildman–Crippen MR) is 107 cm³/mol. The number of benzene rings is 2. The molecule has 9 heteroatoms. The third-order valence-corrected chi connectivity index (χ3v) is 4.34. The first kappa shape index (κ1) is 20.1. The summed E-state index contributed by atoms with van der Waals surface area (Å²) in [4.78, 5) is 0. The highest BCUT2D eigenvalue weighted by Gasteiger charge is 2.23. The Morgan fingerprint density at radius 3 is 2.40 bits per heavy atom. The smallest absolute Gasteiger partial charge is 0.188 e. The van der Waals surface area contributed by atoms with Crippen molar-refractivity contribution >= 4 is 0 Å². The second-order valence-corrected chi connectivity index (χ2v) is 6.57. The van der Waals surface area contributed by atoms with E-state index in [2.05, 4.69) is 10.3 Å². The summed E-state index contributed by atoms with van der Waals surface area (Å²) in [6, 6.07) is 13.2. The summed E-state index contributed by atoms with van der Waals surface area (Å²) in [5, 5.41) is 8.51. The van der Waals surface area contributed by atoms with Crippen molar-refractivity contribution in [2.45, 2.75) is 6.10 Å². The molecule has 0 aliphatic carbocycles. The summed E-state index contributed by atoms with van der Waals surface area (Å²) in [5.41, 5.74) is 2.41. The molecule has 0 radical (unpaired) electrons. The van der Waals surface area contributed by atoms with Crippen LogP contribution in [-0.2, 0) is 14.2 Å². The lowest BCUT2D eigenvalue weighted by atomic mass is 10.1. The SMILES string of the molecule is COCOc1ccc(-c2cn(-c3ccc(OCC4CO4)cc3)nn2)cc1OCOC. The lowest BCUT2D eigenvalue weighted by Crippen LogP contribution is -2.04. The van der Waals surface area contributed by atoms with Gasteiger partial charge in [-0.15, -0.1) is 5.10 Å². The molecule has 3 aromatic rings. The Bertz CT molecular complexity index is 956. The number of rotatable bonds is 11. The Morgan fingerprint density at radius 1 is 0.967 bits per heavy atom. The fraction of sp³-hybridized carbons (Fsp3) is 0.333. The van der Waals surface area contributed by atoms with E-state index in [1.165, 1.54) is 0 Å². The molecule has 1 aliphatic rings. The summed E-state index contributed by atoms with van der Waals surface area (Å²) in [5.74, 6) is 1.88. The van der Waals surface area contributed by atoms with E-state index >= 15 is 0 Å². The van der Waals surface area contributed by atoms with E-state index in [-0.39, 0.29) is 19.7 Å². The van der Waals surface area contributed by atoms with Gasteiger partial charge in [0.1, 0.15) is 24.2 Å². The first-order valence-electron chi connectivity index (χ1n) is 9.42. The number of aromatic nitrogens is 3. The second-order valence-electron chi connectivity index (χ2n) is 6.57. The normalized spacial score (nSPS) is 15.1. The Labute approximate surface area is 174 Å². The molecule has 1 aliphatic heterocycles. The lowest BCUT2D eigenvalue weighted by molar-refractivity contribution is 0.0323. The van der Waals surface area contributed by atoms with Gasteiger partial charge in [0.2, 0.25) is 0 Å². The van der Waals surface area contributed by atoms with Gasteiger partial charge in [-0.2, -0.15) is 0 Å². The molecule has 1 saturated heterocycles. The van der Waals surface area contributed by atoms with E-state index in [0.29, 0.717) is 23.8 Å². The highest BCUT2D eigenvalue weighted by atomic mass is 16.7. The van der Waals surface area contributed by atoms with Crippen LogP contribution in [0, 0.1) is 0 Å². The van der Waals surface area contributed by atoms with Gasteiger partial charge in [0.25, 0.3) is 0 Å². The molecular weight excluding hydrogens is 390 g/mol. The summed E-state index contributed by atoms with van der Waals surface area (Å²) >= 11 is 0. The number of hydrogen-bond acceptors (Lipinski definition) is 8. The largest absolute Gasteiger partial charge is 0.491 e. The second kappa shape index (κ2) is 9.57. The van der Waals surface area contributed by atoms with E-state index in [1.54, 1.807) is 25.0 Å². The maximum absolute atomic E-state index is 5.66. The average molecular weight is 413 g/mol. The summed E-state index contributed by atoms with van der Waals surface area (Å²) in [6.07, 6.45) is 2.07. The molecule has 2 heterocycles. The van der Waals surface area contributed by atoms with Gasteiger partial charge in [-0.25, -0.2) is 4.68 Å². The lowest BCUT2D eigenvalue weighted by Gasteiger charge is -2.12. The van der Waals surface area contributed by atoms with E-state index in [1.807, 2.05) is 42.6 Å². The molecule has 1 aromatic heterocycles. The summed E-state index contributed by atoms with van der Waals surface area (Å²) < 4.78 is 33.6. The molecule has 0 spiro atoms. The zero-order chi connectivity index (χ0) is 20.8. The number of ether oxygens (including phenoxy) is 6. The third-order valence-electron chi connectivity index (χ3n) is 4.34. The van der Waals surface area contributed by atoms with Crippen LogP contribution in [0.5, 0.6) is 17.2 Å². The van der Waals surface area contributed by atoms with Crippen molar-refractivity contribution in [3.05, 3.63) is 48.7 Å². The Hall–Kier alpha value is -3.14. The fourth-order valence-corrected chi connectivity index (χ4v) is 2.72. The minimum atomic E-state index is 0.0980. The summed E-state index contributed by atoms with van der Waals surface area (Å²) in [6.45, 7) is 1.56. The molecule has 0 bridgehead atoms. The molecule has 1 fully saturated rings. The zero-order valence-corrected chi connectivity index (χ0v) is 16.8. The molecule has 0 saturated carbocycles. The first-order chi connectivity index (χ1) is 14.8. The third kappa shape index (κ3) is 5.07. The number of nitrogens with zero attached hydrogens (tertiary/aromatic N) is 3. The fourth-order valence-electron chi connectivity index (χ4n) is 2.72. The molecule has 9 nitrogen and oxygen atoms in total. The predicted octanol–water partition coefficient (Wildman–Crippen LogP) is 2.68. The zero-order valence-electron chi connectivity index (χ0n) is 16.8. The van der Waals surface area contributed by atoms with Crippen molar-refractivity contribution in [1.82, 2.24) is 15.0 Å². The van der Waals surface area contributed by atoms with Crippen molar-refractivity contribution in [1.29, 1.82) is 0 Å². The molecule has 30 heavy (non-hydrogen) atoms. The topological polar surface area (TPSA) is 89.4 Å². The van der Waals surface area contributed by atoms with Gasteiger partial charge >= 0.3 is 0 Å². The molecule has 4 rings (SSSR count). The van der Waals surface area contributed by atoms with Crippen LogP contribution < -0.4 is 14.2 Å². The van der Waals surface area contributed by atoms with Gasteiger partial charge in [-0.05, 0) is 42.5 Å². The van der Waals surface area contributed by atoms with Crippen LogP contribution in [0.4, 0.5) is 0 Å². The Balaban J connectivity index is 1.49. The Morgan fingerprint density at radius 2 is 1.70 bits per heavy atom. The van der Waals surface area contributed by atoms with E-state index < -0.39 is 0 Å². The summed E-state index contributed by atoms with van der Waals surface area (Å²) in [7, 11) is 3.11. The van der Waals surface area contributed by atoms with Gasteiger partial charge < -0.3 is 28.4 Å². The van der Waals surface area contributed by atoms with Crippen molar-refractivity contribution in [3.8, 4) is 34.2 Å². The number of epoxide rings is 1. The monoisotopic (exact) mass is 413 g/mol. The highest BCUT2D eigenvalue weighted by molar-refractivity contribution is 5.63. The quantitative estimate of drug-likeness (QED) is 0.350. The van der Waals surface area contributed by atoms with Crippen molar-refractivity contribution in [2.24, 2.45) is 0 Å². The minimum absolute atomic E-state index is 0.0980. The van der Waals surface area contributed by atoms with Crippen LogP contribution in [0.3, 0.4) is 0 Å². The molecule has 0 N–H and O–H groups in total. The molecule has 1 unspecified atom stereocenters. The van der Waals surface area contributed by atoms with Crippen LogP contribution >= 0.6 is 0 Å². The molecule has 0 amide bonds. The molecule has 1 atom stereocenters. The maximum atomic E-state index is 5.66. The standard InChI is InChI=1S/C21H23N3O6/c1-25-13-29-20-8-3-15(9-21(20)30-14-26-2)19-10-24(23-22-19)16-4-6-17(7-5-16)27-11-18-12-28-18/h3-10,18H,11-14H2,1-2H3. The van der Waals surface area contributed by atoms with Gasteiger partial charge in [0.05, 0.1) is 18.5 Å². The number of methoxy groups -OCH3 is 2. The van der Waals surface area contributed by atoms with Crippen LogP contribution in [0.2, 0.25) is 0 Å². The van der Waals surface area contributed by atoms with Crippen molar-refractivity contribution in [3.63, 3.8) is 0 Å². The van der Waals surface area contributed by atoms with Gasteiger partial charge in [-0.1, -0.05) is 5.21 Å². The number of hydrogen-bond donors (Lipinski definition) is 0.